The van der Waals surface area contributed by atoms with Gasteiger partial charge in [0.05, 0.1) is 19.4 Å². The average molecular weight is 252 g/mol. The van der Waals surface area contributed by atoms with Gasteiger partial charge >= 0.3 is 0 Å². The molecule has 4 nitrogen and oxygen atoms in total. The molecule has 0 amide bonds. The minimum absolute atomic E-state index is 0.0610. The lowest BCUT2D eigenvalue weighted by atomic mass is 9.72. The van der Waals surface area contributed by atoms with Crippen LogP contribution in [0.15, 0.2) is 12.4 Å². The first-order chi connectivity index (χ1) is 8.74. The molecule has 102 valence electrons. The molecule has 1 aromatic heterocycles. The number of aliphatic hydroxyl groups excluding tert-OH is 2. The van der Waals surface area contributed by atoms with Crippen molar-refractivity contribution in [2.75, 3.05) is 13.2 Å². The van der Waals surface area contributed by atoms with E-state index in [9.17, 15) is 10.2 Å². The summed E-state index contributed by atoms with van der Waals surface area (Å²) < 4.78 is 1.89. The molecule has 2 rings (SSSR count). The standard InChI is InChI=1S/C14H24N2O2/c1-2-16-9-12(8-15-16)7-14(10-17,11-18)13-5-3-4-6-13/h8-9,13,17-18H,2-7,10-11H2,1H3. The number of aliphatic hydroxyl groups is 2. The maximum Gasteiger partial charge on any atom is 0.0521 e. The average Bonchev–Trinajstić information content (AvgIpc) is 3.07. The van der Waals surface area contributed by atoms with Crippen LogP contribution in [0.1, 0.15) is 38.2 Å². The molecule has 1 aromatic rings. The zero-order chi connectivity index (χ0) is 13.0. The normalized spacial score (nSPS) is 17.5. The Labute approximate surface area is 109 Å². The molecule has 1 heterocycles. The van der Waals surface area contributed by atoms with Crippen LogP contribution in [-0.4, -0.2) is 33.2 Å². The molecular weight excluding hydrogens is 228 g/mol. The molecule has 18 heavy (non-hydrogen) atoms. The van der Waals surface area contributed by atoms with Crippen molar-refractivity contribution in [3.8, 4) is 0 Å². The van der Waals surface area contributed by atoms with Crippen molar-refractivity contribution in [3.05, 3.63) is 18.0 Å². The van der Waals surface area contributed by atoms with Gasteiger partial charge in [-0.1, -0.05) is 12.8 Å². The smallest absolute Gasteiger partial charge is 0.0521 e. The Balaban J connectivity index is 2.13. The highest BCUT2D eigenvalue weighted by atomic mass is 16.3. The molecular formula is C14H24N2O2. The van der Waals surface area contributed by atoms with Gasteiger partial charge in [-0.25, -0.2) is 0 Å². The second kappa shape index (κ2) is 5.85. The minimum Gasteiger partial charge on any atom is -0.396 e. The highest BCUT2D eigenvalue weighted by Gasteiger charge is 2.39. The fourth-order valence-corrected chi connectivity index (χ4v) is 3.18. The number of aromatic nitrogens is 2. The van der Waals surface area contributed by atoms with E-state index in [0.29, 0.717) is 5.92 Å². The molecule has 0 radical (unpaired) electrons. The van der Waals surface area contributed by atoms with Gasteiger partial charge in [0, 0.05) is 18.2 Å². The lowest BCUT2D eigenvalue weighted by molar-refractivity contribution is 0.00569. The predicted molar refractivity (Wildman–Crippen MR) is 70.2 cm³/mol. The first-order valence-corrected chi connectivity index (χ1v) is 6.97. The molecule has 2 N–H and O–H groups in total. The molecule has 1 saturated carbocycles. The maximum absolute atomic E-state index is 9.78. The van der Waals surface area contributed by atoms with E-state index in [4.69, 9.17) is 0 Å². The van der Waals surface area contributed by atoms with Crippen LogP contribution in [0.2, 0.25) is 0 Å². The zero-order valence-electron chi connectivity index (χ0n) is 11.2. The molecule has 1 aliphatic carbocycles. The highest BCUT2D eigenvalue weighted by Crippen LogP contribution is 2.41. The van der Waals surface area contributed by atoms with Crippen LogP contribution >= 0.6 is 0 Å². The number of aryl methyl sites for hydroxylation is 1. The van der Waals surface area contributed by atoms with Crippen molar-refractivity contribution in [3.63, 3.8) is 0 Å². The SMILES string of the molecule is CCn1cc(CC(CO)(CO)C2CCCC2)cn1. The van der Waals surface area contributed by atoms with E-state index >= 15 is 0 Å². The van der Waals surface area contributed by atoms with Gasteiger partial charge in [-0.3, -0.25) is 4.68 Å². The summed E-state index contributed by atoms with van der Waals surface area (Å²) in [6, 6.07) is 0. The minimum atomic E-state index is -0.363. The fourth-order valence-electron chi connectivity index (χ4n) is 3.18. The van der Waals surface area contributed by atoms with Crippen LogP contribution in [0.25, 0.3) is 0 Å². The first kappa shape index (κ1) is 13.6. The van der Waals surface area contributed by atoms with Crippen molar-refractivity contribution >= 4 is 0 Å². The number of rotatable bonds is 6. The molecule has 1 aliphatic rings. The maximum atomic E-state index is 9.78. The number of hydrogen-bond acceptors (Lipinski definition) is 3. The number of hydrogen-bond donors (Lipinski definition) is 2. The first-order valence-electron chi connectivity index (χ1n) is 6.97. The van der Waals surface area contributed by atoms with Crippen LogP contribution in [0, 0.1) is 11.3 Å². The van der Waals surface area contributed by atoms with Crippen LogP contribution < -0.4 is 0 Å². The lowest BCUT2D eigenvalue weighted by Gasteiger charge is -2.35. The summed E-state index contributed by atoms with van der Waals surface area (Å²) in [5.74, 6) is 0.442. The third kappa shape index (κ3) is 2.59. The van der Waals surface area contributed by atoms with Gasteiger partial charge in [-0.2, -0.15) is 5.10 Å². The van der Waals surface area contributed by atoms with Crippen molar-refractivity contribution < 1.29 is 10.2 Å². The van der Waals surface area contributed by atoms with E-state index in [2.05, 4.69) is 12.0 Å². The topological polar surface area (TPSA) is 58.3 Å². The quantitative estimate of drug-likeness (QED) is 0.808. The van der Waals surface area contributed by atoms with Crippen molar-refractivity contribution in [1.82, 2.24) is 9.78 Å². The van der Waals surface area contributed by atoms with Gasteiger partial charge < -0.3 is 10.2 Å². The Kier molecular flexibility index (Phi) is 4.40. The molecule has 0 aliphatic heterocycles. The Morgan fingerprint density at radius 3 is 2.50 bits per heavy atom. The van der Waals surface area contributed by atoms with Gasteiger partial charge in [0.1, 0.15) is 0 Å². The molecule has 0 unspecified atom stereocenters. The zero-order valence-corrected chi connectivity index (χ0v) is 11.2. The summed E-state index contributed by atoms with van der Waals surface area (Å²) in [6.07, 6.45) is 9.31. The molecule has 0 atom stereocenters. The van der Waals surface area contributed by atoms with E-state index in [1.165, 1.54) is 12.8 Å². The summed E-state index contributed by atoms with van der Waals surface area (Å²) >= 11 is 0. The van der Waals surface area contributed by atoms with E-state index in [-0.39, 0.29) is 18.6 Å². The second-order valence-corrected chi connectivity index (χ2v) is 5.54. The summed E-state index contributed by atoms with van der Waals surface area (Å²) in [7, 11) is 0. The van der Waals surface area contributed by atoms with Gasteiger partial charge in [0.2, 0.25) is 0 Å². The highest BCUT2D eigenvalue weighted by molar-refractivity contribution is 5.09. The summed E-state index contributed by atoms with van der Waals surface area (Å²) in [6.45, 7) is 3.03. The fraction of sp³-hybridized carbons (Fsp3) is 0.786. The van der Waals surface area contributed by atoms with Crippen LogP contribution in [-0.2, 0) is 13.0 Å². The van der Waals surface area contributed by atoms with E-state index in [1.807, 2.05) is 17.1 Å². The van der Waals surface area contributed by atoms with Crippen LogP contribution in [0.4, 0.5) is 0 Å². The summed E-state index contributed by atoms with van der Waals surface area (Å²) in [4.78, 5) is 0. The van der Waals surface area contributed by atoms with Crippen LogP contribution in [0.3, 0.4) is 0 Å². The lowest BCUT2D eigenvalue weighted by Crippen LogP contribution is -2.39. The molecule has 0 bridgehead atoms. The van der Waals surface area contributed by atoms with Crippen molar-refractivity contribution in [2.24, 2.45) is 11.3 Å². The Hall–Kier alpha value is -0.870. The molecule has 0 aromatic carbocycles. The Morgan fingerprint density at radius 2 is 2.00 bits per heavy atom. The third-order valence-electron chi connectivity index (χ3n) is 4.42. The summed E-state index contributed by atoms with van der Waals surface area (Å²) in [5.41, 5.74) is 0.754. The number of nitrogens with zero attached hydrogens (tertiary/aromatic N) is 2. The Morgan fingerprint density at radius 1 is 1.33 bits per heavy atom. The third-order valence-corrected chi connectivity index (χ3v) is 4.42. The van der Waals surface area contributed by atoms with Crippen molar-refractivity contribution in [2.45, 2.75) is 45.6 Å². The summed E-state index contributed by atoms with van der Waals surface area (Å²) in [5, 5.41) is 23.8. The monoisotopic (exact) mass is 252 g/mol. The van der Waals surface area contributed by atoms with Gasteiger partial charge in [0.25, 0.3) is 0 Å². The van der Waals surface area contributed by atoms with Gasteiger partial charge in [0.15, 0.2) is 0 Å². The molecule has 4 heteroatoms. The largest absolute Gasteiger partial charge is 0.396 e. The molecule has 0 spiro atoms. The molecule has 1 fully saturated rings. The van der Waals surface area contributed by atoms with Crippen LogP contribution in [0.5, 0.6) is 0 Å². The molecule has 0 saturated heterocycles. The van der Waals surface area contributed by atoms with Gasteiger partial charge in [-0.05, 0) is 37.7 Å². The van der Waals surface area contributed by atoms with Crippen molar-refractivity contribution in [1.29, 1.82) is 0 Å². The van der Waals surface area contributed by atoms with Gasteiger partial charge in [-0.15, -0.1) is 0 Å². The second-order valence-electron chi connectivity index (χ2n) is 5.54. The van der Waals surface area contributed by atoms with E-state index in [1.54, 1.807) is 0 Å². The van der Waals surface area contributed by atoms with E-state index < -0.39 is 0 Å². The van der Waals surface area contributed by atoms with E-state index in [0.717, 1.165) is 31.4 Å². The Bertz CT molecular complexity index is 366. The predicted octanol–water partition coefficient (Wildman–Crippen LogP) is 1.61.